The van der Waals surface area contributed by atoms with Crippen molar-refractivity contribution in [3.05, 3.63) is 35.4 Å². The molecule has 0 aromatic heterocycles. The van der Waals surface area contributed by atoms with Crippen LogP contribution in [0.2, 0.25) is 0 Å². The van der Waals surface area contributed by atoms with E-state index in [9.17, 15) is 4.79 Å². The molecule has 0 heterocycles. The first-order chi connectivity index (χ1) is 6.24. The van der Waals surface area contributed by atoms with Crippen LogP contribution < -0.4 is 0 Å². The number of rotatable bonds is 4. The second-order valence-corrected chi connectivity index (χ2v) is 3.37. The molecule has 0 aliphatic carbocycles. The highest BCUT2D eigenvalue weighted by molar-refractivity contribution is 5.77. The molecule has 0 aliphatic heterocycles. The summed E-state index contributed by atoms with van der Waals surface area (Å²) in [7, 11) is 4.06. The largest absolute Gasteiger partial charge is 0.309 e. The predicted molar refractivity (Wildman–Crippen MR) is 54.1 cm³/mol. The number of hydrogen-bond acceptors (Lipinski definition) is 2. The number of aldehydes is 1. The van der Waals surface area contributed by atoms with Gasteiger partial charge in [-0.25, -0.2) is 0 Å². The molecule has 2 heteroatoms. The average molecular weight is 177 g/mol. The standard InChI is InChI=1S/C11H15NO/c1-12(2)8-7-10-5-3-4-6-11(10)9-13/h3-6,9H,7-8H2,1-2H3. The number of benzene rings is 1. The third kappa shape index (κ3) is 2.99. The minimum atomic E-state index is 0.810. The predicted octanol–water partition coefficient (Wildman–Crippen LogP) is 1.60. The van der Waals surface area contributed by atoms with Crippen molar-refractivity contribution in [3.63, 3.8) is 0 Å². The van der Waals surface area contributed by atoms with Gasteiger partial charge in [-0.3, -0.25) is 4.79 Å². The van der Waals surface area contributed by atoms with Gasteiger partial charge in [0.1, 0.15) is 6.29 Å². The van der Waals surface area contributed by atoms with Crippen molar-refractivity contribution in [1.29, 1.82) is 0 Å². The maximum absolute atomic E-state index is 10.7. The number of likely N-dealkylation sites (N-methyl/N-ethyl adjacent to an activating group) is 1. The summed E-state index contributed by atoms with van der Waals surface area (Å²) in [5.74, 6) is 0. The topological polar surface area (TPSA) is 20.3 Å². The van der Waals surface area contributed by atoms with E-state index in [2.05, 4.69) is 4.90 Å². The number of nitrogens with zero attached hydrogens (tertiary/aromatic N) is 1. The van der Waals surface area contributed by atoms with E-state index in [1.54, 1.807) is 0 Å². The Morgan fingerprint density at radius 3 is 2.62 bits per heavy atom. The lowest BCUT2D eigenvalue weighted by molar-refractivity contribution is 0.112. The Kier molecular flexibility index (Phi) is 3.65. The van der Waals surface area contributed by atoms with Crippen LogP contribution in [0.4, 0.5) is 0 Å². The molecule has 1 aromatic rings. The minimum Gasteiger partial charge on any atom is -0.309 e. The van der Waals surface area contributed by atoms with Gasteiger partial charge in [-0.15, -0.1) is 0 Å². The summed E-state index contributed by atoms with van der Waals surface area (Å²) in [5, 5.41) is 0. The molecule has 0 spiro atoms. The van der Waals surface area contributed by atoms with Gasteiger partial charge in [0, 0.05) is 12.1 Å². The van der Waals surface area contributed by atoms with Gasteiger partial charge < -0.3 is 4.90 Å². The first kappa shape index (κ1) is 9.93. The molecule has 2 nitrogen and oxygen atoms in total. The Balaban J connectivity index is 2.69. The quantitative estimate of drug-likeness (QED) is 0.651. The molecule has 0 radical (unpaired) electrons. The monoisotopic (exact) mass is 177 g/mol. The molecule has 0 aliphatic rings. The molecule has 13 heavy (non-hydrogen) atoms. The van der Waals surface area contributed by atoms with Crippen molar-refractivity contribution >= 4 is 6.29 Å². The zero-order valence-corrected chi connectivity index (χ0v) is 8.16. The molecule has 0 saturated heterocycles. The van der Waals surface area contributed by atoms with Crippen LogP contribution in [0, 0.1) is 0 Å². The Morgan fingerprint density at radius 1 is 1.31 bits per heavy atom. The van der Waals surface area contributed by atoms with Crippen molar-refractivity contribution in [2.45, 2.75) is 6.42 Å². The lowest BCUT2D eigenvalue weighted by Crippen LogP contribution is -2.15. The molecule has 1 aromatic carbocycles. The van der Waals surface area contributed by atoms with Crippen LogP contribution >= 0.6 is 0 Å². The smallest absolute Gasteiger partial charge is 0.150 e. The van der Waals surface area contributed by atoms with Crippen LogP contribution in [0.3, 0.4) is 0 Å². The molecule has 0 atom stereocenters. The van der Waals surface area contributed by atoms with Gasteiger partial charge in [-0.05, 0) is 26.1 Å². The van der Waals surface area contributed by atoms with E-state index in [1.807, 2.05) is 38.4 Å². The van der Waals surface area contributed by atoms with Crippen molar-refractivity contribution in [3.8, 4) is 0 Å². The molecule has 0 unspecified atom stereocenters. The second kappa shape index (κ2) is 4.77. The summed E-state index contributed by atoms with van der Waals surface area (Å²) >= 11 is 0. The summed E-state index contributed by atoms with van der Waals surface area (Å²) in [5.41, 5.74) is 1.94. The van der Waals surface area contributed by atoms with Gasteiger partial charge in [0.25, 0.3) is 0 Å². The molecule has 0 bridgehead atoms. The lowest BCUT2D eigenvalue weighted by Gasteiger charge is -2.10. The Hall–Kier alpha value is -1.15. The van der Waals surface area contributed by atoms with Crippen molar-refractivity contribution < 1.29 is 4.79 Å². The van der Waals surface area contributed by atoms with Crippen LogP contribution in [0.15, 0.2) is 24.3 Å². The summed E-state index contributed by atoms with van der Waals surface area (Å²) in [4.78, 5) is 12.8. The van der Waals surface area contributed by atoms with E-state index in [-0.39, 0.29) is 0 Å². The maximum atomic E-state index is 10.7. The van der Waals surface area contributed by atoms with Crippen molar-refractivity contribution in [2.24, 2.45) is 0 Å². The highest BCUT2D eigenvalue weighted by atomic mass is 16.1. The third-order valence-corrected chi connectivity index (χ3v) is 2.01. The molecule has 1 rings (SSSR count). The van der Waals surface area contributed by atoms with Gasteiger partial charge in [0.05, 0.1) is 0 Å². The Labute approximate surface area is 79.2 Å². The first-order valence-corrected chi connectivity index (χ1v) is 4.42. The summed E-state index contributed by atoms with van der Waals surface area (Å²) in [6, 6.07) is 7.73. The highest BCUT2D eigenvalue weighted by Gasteiger charge is 2.00. The zero-order chi connectivity index (χ0) is 9.68. The van der Waals surface area contributed by atoms with E-state index in [1.165, 1.54) is 0 Å². The van der Waals surface area contributed by atoms with Gasteiger partial charge in [-0.2, -0.15) is 0 Å². The third-order valence-electron chi connectivity index (χ3n) is 2.01. The SMILES string of the molecule is CN(C)CCc1ccccc1C=O. The van der Waals surface area contributed by atoms with Crippen molar-refractivity contribution in [2.75, 3.05) is 20.6 Å². The Morgan fingerprint density at radius 2 is 2.00 bits per heavy atom. The highest BCUT2D eigenvalue weighted by Crippen LogP contribution is 2.06. The summed E-state index contributed by atoms with van der Waals surface area (Å²) < 4.78 is 0. The van der Waals surface area contributed by atoms with Crippen molar-refractivity contribution in [1.82, 2.24) is 4.90 Å². The van der Waals surface area contributed by atoms with Gasteiger partial charge >= 0.3 is 0 Å². The fourth-order valence-electron chi connectivity index (χ4n) is 1.22. The van der Waals surface area contributed by atoms with Gasteiger partial charge in [0.2, 0.25) is 0 Å². The first-order valence-electron chi connectivity index (χ1n) is 4.42. The molecule has 0 amide bonds. The Bertz CT molecular complexity index is 281. The molecule has 70 valence electrons. The normalized spacial score (nSPS) is 10.4. The lowest BCUT2D eigenvalue weighted by atomic mass is 10.1. The van der Waals surface area contributed by atoms with Crippen LogP contribution in [0.5, 0.6) is 0 Å². The number of carbonyl (C=O) groups is 1. The van der Waals surface area contributed by atoms with Crippen LogP contribution in [-0.2, 0) is 6.42 Å². The molecule has 0 saturated carbocycles. The van der Waals surface area contributed by atoms with Crippen LogP contribution in [0.1, 0.15) is 15.9 Å². The fraction of sp³-hybridized carbons (Fsp3) is 0.364. The summed E-state index contributed by atoms with van der Waals surface area (Å²) in [6.45, 7) is 0.977. The van der Waals surface area contributed by atoms with E-state index in [4.69, 9.17) is 0 Å². The van der Waals surface area contributed by atoms with E-state index in [0.717, 1.165) is 30.4 Å². The molecular formula is C11H15NO. The fourth-order valence-corrected chi connectivity index (χ4v) is 1.22. The maximum Gasteiger partial charge on any atom is 0.150 e. The van der Waals surface area contributed by atoms with E-state index < -0.39 is 0 Å². The van der Waals surface area contributed by atoms with Crippen LogP contribution in [-0.4, -0.2) is 31.8 Å². The second-order valence-electron chi connectivity index (χ2n) is 3.37. The van der Waals surface area contributed by atoms with Gasteiger partial charge in [-0.1, -0.05) is 24.3 Å². The number of hydrogen-bond donors (Lipinski definition) is 0. The summed E-state index contributed by atoms with van der Waals surface area (Å²) in [6.07, 6.45) is 1.85. The average Bonchev–Trinajstić information content (AvgIpc) is 2.15. The molecular weight excluding hydrogens is 162 g/mol. The van der Waals surface area contributed by atoms with E-state index >= 15 is 0 Å². The zero-order valence-electron chi connectivity index (χ0n) is 8.16. The van der Waals surface area contributed by atoms with Crippen LogP contribution in [0.25, 0.3) is 0 Å². The van der Waals surface area contributed by atoms with E-state index in [0.29, 0.717) is 0 Å². The minimum absolute atomic E-state index is 0.810. The number of carbonyl (C=O) groups excluding carboxylic acids is 1. The molecule has 0 N–H and O–H groups in total. The molecule has 0 fully saturated rings. The van der Waals surface area contributed by atoms with Gasteiger partial charge in [0.15, 0.2) is 0 Å².